The Hall–Kier alpha value is -5.52. The molecule has 0 radical (unpaired) electrons. The Bertz CT molecular complexity index is 1680. The molecule has 0 fully saturated rings. The number of benzene rings is 3. The zero-order chi connectivity index (χ0) is 28.4. The van der Waals surface area contributed by atoms with Gasteiger partial charge in [-0.15, -0.1) is 0 Å². The molecule has 0 atom stereocenters. The number of alkyl halides is 3. The zero-order valence-electron chi connectivity index (χ0n) is 20.4. The number of amides is 3. The van der Waals surface area contributed by atoms with Crippen molar-refractivity contribution in [1.82, 2.24) is 4.98 Å². The van der Waals surface area contributed by atoms with E-state index in [4.69, 9.17) is 5.11 Å². The maximum atomic E-state index is 12.9. The molecule has 0 unspecified atom stereocenters. The topological polar surface area (TPSA) is 135 Å². The maximum absolute atomic E-state index is 12.9. The maximum Gasteiger partial charge on any atom is 0.416 e. The van der Waals surface area contributed by atoms with E-state index in [1.165, 1.54) is 24.4 Å². The third-order valence-electron chi connectivity index (χ3n) is 5.91. The Morgan fingerprint density at radius 3 is 2.23 bits per heavy atom. The molecule has 6 N–H and O–H groups in total. The molecule has 0 saturated heterocycles. The van der Waals surface area contributed by atoms with Crippen molar-refractivity contribution >= 4 is 58.0 Å². The largest absolute Gasteiger partial charge is 0.478 e. The minimum Gasteiger partial charge on any atom is -0.478 e. The number of aromatic amines is 1. The van der Waals surface area contributed by atoms with Crippen LogP contribution < -0.4 is 21.3 Å². The van der Waals surface area contributed by atoms with Crippen LogP contribution in [0.15, 0.2) is 79.0 Å². The number of H-pyrrole nitrogens is 1. The summed E-state index contributed by atoms with van der Waals surface area (Å²) < 4.78 is 38.8. The van der Waals surface area contributed by atoms with E-state index in [1.54, 1.807) is 48.5 Å². The molecule has 202 valence electrons. The number of aromatic nitrogens is 1. The summed E-state index contributed by atoms with van der Waals surface area (Å²) in [4.78, 5) is 38.9. The number of fused-ring (bicyclic) bond motifs is 1. The Kier molecular flexibility index (Phi) is 6.74. The second-order valence-corrected chi connectivity index (χ2v) is 8.78. The smallest absolute Gasteiger partial charge is 0.416 e. The Morgan fingerprint density at radius 1 is 0.850 bits per heavy atom. The van der Waals surface area contributed by atoms with Crippen LogP contribution in [0.25, 0.3) is 11.6 Å². The van der Waals surface area contributed by atoms with Gasteiger partial charge in [0.15, 0.2) is 0 Å². The monoisotopic (exact) mass is 547 g/mol. The SMILES string of the molecule is O=C(Nc1cccc(Nc2ccc3c(c2)NC(=O)/C3=C\c2cc(C(=O)O)c[nH]2)c1)Nc1cccc(C(F)(F)F)c1. The number of anilines is 5. The normalized spacial score (nSPS) is 13.5. The number of hydrogen-bond donors (Lipinski definition) is 6. The summed E-state index contributed by atoms with van der Waals surface area (Å²) in [6, 6.07) is 16.9. The van der Waals surface area contributed by atoms with E-state index in [2.05, 4.69) is 26.3 Å². The van der Waals surface area contributed by atoms with Gasteiger partial charge in [-0.1, -0.05) is 18.2 Å². The highest BCUT2D eigenvalue weighted by molar-refractivity contribution is 6.35. The lowest BCUT2D eigenvalue weighted by atomic mass is 10.1. The first-order valence-electron chi connectivity index (χ1n) is 11.8. The minimum absolute atomic E-state index is 0.00574. The molecule has 9 nitrogen and oxygen atoms in total. The van der Waals surface area contributed by atoms with Gasteiger partial charge in [0.25, 0.3) is 5.91 Å². The number of halogens is 3. The molecule has 1 aliphatic rings. The first kappa shape index (κ1) is 26.1. The molecule has 12 heteroatoms. The number of carboxylic acid groups (broad SMARTS) is 1. The van der Waals surface area contributed by atoms with Crippen molar-refractivity contribution in [3.63, 3.8) is 0 Å². The zero-order valence-corrected chi connectivity index (χ0v) is 20.4. The molecule has 4 aromatic rings. The number of aromatic carboxylic acids is 1. The number of nitrogens with one attached hydrogen (secondary N) is 5. The van der Waals surface area contributed by atoms with E-state index in [1.807, 2.05) is 0 Å². The number of carbonyl (C=O) groups excluding carboxylic acids is 2. The molecule has 5 rings (SSSR count). The Labute approximate surface area is 224 Å². The van der Waals surface area contributed by atoms with Crippen LogP contribution in [-0.4, -0.2) is 28.0 Å². The quantitative estimate of drug-likeness (QED) is 0.151. The van der Waals surface area contributed by atoms with Gasteiger partial charge in [0.1, 0.15) is 0 Å². The van der Waals surface area contributed by atoms with E-state index in [9.17, 15) is 27.6 Å². The third kappa shape index (κ3) is 5.80. The molecular formula is C28H20F3N5O4. The van der Waals surface area contributed by atoms with E-state index in [0.29, 0.717) is 39.6 Å². The van der Waals surface area contributed by atoms with Crippen LogP contribution in [0.2, 0.25) is 0 Å². The van der Waals surface area contributed by atoms with Crippen LogP contribution >= 0.6 is 0 Å². The van der Waals surface area contributed by atoms with Crippen molar-refractivity contribution in [3.8, 4) is 0 Å². The number of carboxylic acids is 1. The molecule has 1 aromatic heterocycles. The Morgan fingerprint density at radius 2 is 1.52 bits per heavy atom. The van der Waals surface area contributed by atoms with Gasteiger partial charge in [-0.25, -0.2) is 9.59 Å². The highest BCUT2D eigenvalue weighted by Crippen LogP contribution is 2.36. The van der Waals surface area contributed by atoms with Crippen molar-refractivity contribution in [2.24, 2.45) is 0 Å². The van der Waals surface area contributed by atoms with Gasteiger partial charge in [0.05, 0.1) is 22.4 Å². The fraction of sp³-hybridized carbons (Fsp3) is 0.0357. The molecule has 3 amide bonds. The predicted octanol–water partition coefficient (Wildman–Crippen LogP) is 6.61. The molecule has 0 bridgehead atoms. The number of urea groups is 1. The van der Waals surface area contributed by atoms with Crippen molar-refractivity contribution < 1.29 is 32.7 Å². The molecule has 3 aromatic carbocycles. The molecule has 0 spiro atoms. The van der Waals surface area contributed by atoms with Crippen molar-refractivity contribution in [2.75, 3.05) is 21.3 Å². The lowest BCUT2D eigenvalue weighted by Crippen LogP contribution is -2.19. The summed E-state index contributed by atoms with van der Waals surface area (Å²) in [7, 11) is 0. The van der Waals surface area contributed by atoms with Crippen LogP contribution in [0.3, 0.4) is 0 Å². The molecule has 2 heterocycles. The molecular weight excluding hydrogens is 527 g/mol. The Balaban J connectivity index is 1.27. The average Bonchev–Trinajstić information content (AvgIpc) is 3.48. The van der Waals surface area contributed by atoms with E-state index in [0.717, 1.165) is 12.1 Å². The first-order chi connectivity index (χ1) is 19.0. The van der Waals surface area contributed by atoms with Crippen molar-refractivity contribution in [2.45, 2.75) is 6.18 Å². The third-order valence-corrected chi connectivity index (χ3v) is 5.91. The summed E-state index contributed by atoms with van der Waals surface area (Å²) in [5.41, 5.74) is 2.87. The highest BCUT2D eigenvalue weighted by atomic mass is 19.4. The van der Waals surface area contributed by atoms with E-state index < -0.39 is 23.7 Å². The van der Waals surface area contributed by atoms with Crippen LogP contribution in [0, 0.1) is 0 Å². The van der Waals surface area contributed by atoms with Crippen LogP contribution in [0.1, 0.15) is 27.2 Å². The van der Waals surface area contributed by atoms with Gasteiger partial charge in [0.2, 0.25) is 0 Å². The molecule has 40 heavy (non-hydrogen) atoms. The number of rotatable bonds is 6. The first-order valence-corrected chi connectivity index (χ1v) is 11.8. The van der Waals surface area contributed by atoms with Crippen LogP contribution in [-0.2, 0) is 11.0 Å². The minimum atomic E-state index is -4.53. The molecule has 0 aliphatic carbocycles. The van der Waals surface area contributed by atoms with E-state index in [-0.39, 0.29) is 17.2 Å². The highest BCUT2D eigenvalue weighted by Gasteiger charge is 2.30. The second-order valence-electron chi connectivity index (χ2n) is 8.78. The summed E-state index contributed by atoms with van der Waals surface area (Å²) in [5.74, 6) is -1.42. The van der Waals surface area contributed by atoms with Gasteiger partial charge >= 0.3 is 18.2 Å². The second kappa shape index (κ2) is 10.3. The summed E-state index contributed by atoms with van der Waals surface area (Å²) >= 11 is 0. The fourth-order valence-electron chi connectivity index (χ4n) is 4.10. The number of hydrogen-bond acceptors (Lipinski definition) is 4. The van der Waals surface area contributed by atoms with E-state index >= 15 is 0 Å². The summed E-state index contributed by atoms with van der Waals surface area (Å²) in [6.45, 7) is 0. The van der Waals surface area contributed by atoms with Crippen molar-refractivity contribution in [1.29, 1.82) is 0 Å². The summed E-state index contributed by atoms with van der Waals surface area (Å²) in [5, 5.41) is 20.0. The molecule has 1 aliphatic heterocycles. The molecule has 0 saturated carbocycles. The lowest BCUT2D eigenvalue weighted by Gasteiger charge is -2.12. The number of carbonyl (C=O) groups is 3. The summed E-state index contributed by atoms with van der Waals surface area (Å²) in [6.07, 6.45) is -1.62. The van der Waals surface area contributed by atoms with Crippen LogP contribution in [0.4, 0.5) is 46.4 Å². The average molecular weight is 547 g/mol. The van der Waals surface area contributed by atoms with Gasteiger partial charge in [0, 0.05) is 40.2 Å². The van der Waals surface area contributed by atoms with Gasteiger partial charge in [-0.05, 0) is 60.7 Å². The van der Waals surface area contributed by atoms with Gasteiger partial charge in [-0.2, -0.15) is 13.2 Å². The standard InChI is InChI=1S/C28H20F3N5O4/c29-28(30,31)16-3-1-4-17(10-16)34-27(40)35-19-6-2-5-18(11-19)33-20-7-8-22-23(25(37)36-24(22)13-20)12-21-9-15(14-32-21)26(38)39/h1-14,32-33H,(H,36,37)(H,38,39)(H2,34,35,40)/b23-12-. The lowest BCUT2D eigenvalue weighted by molar-refractivity contribution is -0.137. The van der Waals surface area contributed by atoms with Gasteiger partial charge in [-0.3, -0.25) is 4.79 Å². The van der Waals surface area contributed by atoms with Crippen LogP contribution in [0.5, 0.6) is 0 Å². The fourth-order valence-corrected chi connectivity index (χ4v) is 4.10. The predicted molar refractivity (Wildman–Crippen MR) is 145 cm³/mol. The van der Waals surface area contributed by atoms with Gasteiger partial charge < -0.3 is 31.4 Å². The van der Waals surface area contributed by atoms with Crippen molar-refractivity contribution in [3.05, 3.63) is 101 Å².